The molecule has 0 heterocycles. The van der Waals surface area contributed by atoms with Gasteiger partial charge in [-0.2, -0.15) is 0 Å². The third-order valence-electron chi connectivity index (χ3n) is 7.69. The minimum Gasteiger partial charge on any atom is -0.721 e. The molecule has 4 nitrogen and oxygen atoms in total. The molecule has 1 aromatic carbocycles. The van der Waals surface area contributed by atoms with Gasteiger partial charge in [0.2, 0.25) is 5.79 Å². The SMILES string of the molecule is CC1=C(C/C=C(\C)CCCC(C)CCCC(C)CCCC(C)C)C(=O)c2ccccc2C1(O)O[O-]. The van der Waals surface area contributed by atoms with Crippen molar-refractivity contribution in [1.82, 2.24) is 0 Å². The Bertz CT molecular complexity index is 882. The van der Waals surface area contributed by atoms with Crippen LogP contribution in [0, 0.1) is 17.8 Å². The van der Waals surface area contributed by atoms with E-state index in [9.17, 15) is 15.2 Å². The average Bonchev–Trinajstić information content (AvgIpc) is 2.82. The van der Waals surface area contributed by atoms with E-state index >= 15 is 0 Å². The summed E-state index contributed by atoms with van der Waals surface area (Å²) in [5.41, 5.74) is 2.51. The molecule has 0 fully saturated rings. The molecule has 0 aromatic heterocycles. The highest BCUT2D eigenvalue weighted by molar-refractivity contribution is 6.12. The fraction of sp³-hybridized carbons (Fsp3) is 0.645. The van der Waals surface area contributed by atoms with Crippen LogP contribution in [-0.4, -0.2) is 10.9 Å². The molecule has 1 aromatic rings. The van der Waals surface area contributed by atoms with Crippen molar-refractivity contribution in [3.05, 3.63) is 58.2 Å². The first-order valence-electron chi connectivity index (χ1n) is 13.6. The summed E-state index contributed by atoms with van der Waals surface area (Å²) >= 11 is 0. The van der Waals surface area contributed by atoms with Gasteiger partial charge in [0.05, 0.1) is 0 Å². The zero-order valence-electron chi connectivity index (χ0n) is 22.9. The summed E-state index contributed by atoms with van der Waals surface area (Å²) < 4.78 is 0. The molecule has 0 saturated carbocycles. The van der Waals surface area contributed by atoms with Gasteiger partial charge in [0.15, 0.2) is 5.78 Å². The zero-order chi connectivity index (χ0) is 26.0. The number of carbonyl (C=O) groups is 1. The van der Waals surface area contributed by atoms with E-state index in [1.807, 2.05) is 0 Å². The number of allylic oxidation sites excluding steroid dienone is 3. The molecule has 0 aliphatic heterocycles. The maximum atomic E-state index is 13.0. The fourth-order valence-corrected chi connectivity index (χ4v) is 5.15. The second kappa shape index (κ2) is 14.1. The minimum atomic E-state index is -2.09. The van der Waals surface area contributed by atoms with E-state index in [2.05, 4.69) is 45.6 Å². The van der Waals surface area contributed by atoms with Crippen LogP contribution in [0.2, 0.25) is 0 Å². The first-order valence-corrected chi connectivity index (χ1v) is 13.6. The molecule has 0 radical (unpaired) electrons. The van der Waals surface area contributed by atoms with E-state index in [1.165, 1.54) is 50.5 Å². The third kappa shape index (κ3) is 8.41. The summed E-state index contributed by atoms with van der Waals surface area (Å²) in [5, 5.41) is 22.3. The third-order valence-corrected chi connectivity index (χ3v) is 7.69. The highest BCUT2D eigenvalue weighted by atomic mass is 17.1. The van der Waals surface area contributed by atoms with Crippen LogP contribution < -0.4 is 5.26 Å². The van der Waals surface area contributed by atoms with Gasteiger partial charge < -0.3 is 15.3 Å². The molecule has 0 bridgehead atoms. The molecule has 2 rings (SSSR count). The lowest BCUT2D eigenvalue weighted by molar-refractivity contribution is -0.736. The quantitative estimate of drug-likeness (QED) is 0.122. The van der Waals surface area contributed by atoms with Crippen LogP contribution in [-0.2, 0) is 10.7 Å². The summed E-state index contributed by atoms with van der Waals surface area (Å²) in [4.78, 5) is 17.3. The van der Waals surface area contributed by atoms with E-state index in [0.29, 0.717) is 17.6 Å². The lowest BCUT2D eigenvalue weighted by atomic mass is 9.80. The minimum absolute atomic E-state index is 0.143. The smallest absolute Gasteiger partial charge is 0.208 e. The van der Waals surface area contributed by atoms with Gasteiger partial charge in [0, 0.05) is 16.7 Å². The van der Waals surface area contributed by atoms with Crippen LogP contribution in [0.5, 0.6) is 0 Å². The molecule has 3 atom stereocenters. The number of hydrogen-bond acceptors (Lipinski definition) is 4. The highest BCUT2D eigenvalue weighted by Crippen LogP contribution is 2.40. The molecular weight excluding hydrogens is 436 g/mol. The molecule has 3 unspecified atom stereocenters. The van der Waals surface area contributed by atoms with Crippen molar-refractivity contribution in [1.29, 1.82) is 0 Å². The number of rotatable bonds is 15. The molecular formula is C31H47O4-. The Morgan fingerprint density at radius 1 is 1.00 bits per heavy atom. The van der Waals surface area contributed by atoms with Crippen molar-refractivity contribution in [3.63, 3.8) is 0 Å². The maximum Gasteiger partial charge on any atom is 0.208 e. The summed E-state index contributed by atoms with van der Waals surface area (Å²) in [7, 11) is 0. The van der Waals surface area contributed by atoms with Crippen LogP contribution in [0.3, 0.4) is 0 Å². The topological polar surface area (TPSA) is 69.6 Å². The van der Waals surface area contributed by atoms with Gasteiger partial charge in [-0.3, -0.25) is 4.79 Å². The van der Waals surface area contributed by atoms with Crippen molar-refractivity contribution in [2.75, 3.05) is 0 Å². The Hall–Kier alpha value is -1.75. The van der Waals surface area contributed by atoms with E-state index in [0.717, 1.165) is 30.6 Å². The summed E-state index contributed by atoms with van der Waals surface area (Å²) in [6.07, 6.45) is 13.8. The Kier molecular flexibility index (Phi) is 11.9. The van der Waals surface area contributed by atoms with Crippen molar-refractivity contribution in [3.8, 4) is 0 Å². The molecule has 1 aliphatic rings. The highest BCUT2D eigenvalue weighted by Gasteiger charge is 2.40. The van der Waals surface area contributed by atoms with Crippen LogP contribution in [0.1, 0.15) is 122 Å². The van der Waals surface area contributed by atoms with Gasteiger partial charge in [-0.05, 0) is 56.4 Å². The Morgan fingerprint density at radius 2 is 1.57 bits per heavy atom. The molecule has 35 heavy (non-hydrogen) atoms. The van der Waals surface area contributed by atoms with Crippen molar-refractivity contribution in [2.24, 2.45) is 17.8 Å². The van der Waals surface area contributed by atoms with E-state index in [1.54, 1.807) is 31.2 Å². The number of aliphatic hydroxyl groups is 1. The zero-order valence-corrected chi connectivity index (χ0v) is 22.9. The number of benzene rings is 1. The number of carbonyl (C=O) groups excluding carboxylic acids is 1. The number of ketones is 1. The van der Waals surface area contributed by atoms with Gasteiger partial charge in [0.25, 0.3) is 0 Å². The summed E-state index contributed by atoms with van der Waals surface area (Å²) in [6, 6.07) is 6.63. The Balaban J connectivity index is 1.79. The predicted molar refractivity (Wildman–Crippen MR) is 142 cm³/mol. The van der Waals surface area contributed by atoms with Crippen LogP contribution in [0.25, 0.3) is 0 Å². The van der Waals surface area contributed by atoms with Crippen LogP contribution in [0.4, 0.5) is 0 Å². The van der Waals surface area contributed by atoms with Crippen molar-refractivity contribution >= 4 is 5.78 Å². The normalized spacial score (nSPS) is 20.4. The predicted octanol–water partition coefficient (Wildman–Crippen LogP) is 7.41. The first kappa shape index (κ1) is 29.5. The maximum absolute atomic E-state index is 13.0. The molecule has 1 N–H and O–H groups in total. The lowest BCUT2D eigenvalue weighted by Crippen LogP contribution is -2.41. The van der Waals surface area contributed by atoms with Gasteiger partial charge in [-0.1, -0.05) is 109 Å². The van der Waals surface area contributed by atoms with Crippen molar-refractivity contribution in [2.45, 2.75) is 112 Å². The van der Waals surface area contributed by atoms with Crippen LogP contribution in [0.15, 0.2) is 47.1 Å². The largest absolute Gasteiger partial charge is 0.721 e. The summed E-state index contributed by atoms with van der Waals surface area (Å²) in [5.74, 6) is 0.147. The number of Topliss-reactive ketones (excluding diaryl/α,β-unsaturated/α-hetero) is 1. The second-order valence-electron chi connectivity index (χ2n) is 11.3. The van der Waals surface area contributed by atoms with E-state index in [4.69, 9.17) is 0 Å². The number of hydrogen-bond donors (Lipinski definition) is 1. The number of fused-ring (bicyclic) bond motifs is 1. The monoisotopic (exact) mass is 483 g/mol. The van der Waals surface area contributed by atoms with Gasteiger partial charge in [0.1, 0.15) is 0 Å². The van der Waals surface area contributed by atoms with Crippen LogP contribution >= 0.6 is 0 Å². The second-order valence-corrected chi connectivity index (χ2v) is 11.3. The Morgan fingerprint density at radius 3 is 2.17 bits per heavy atom. The molecule has 4 heteroatoms. The summed E-state index contributed by atoms with van der Waals surface area (Å²) in [6.45, 7) is 13.1. The van der Waals surface area contributed by atoms with E-state index in [-0.39, 0.29) is 16.9 Å². The Labute approximate surface area is 213 Å². The fourth-order valence-electron chi connectivity index (χ4n) is 5.15. The molecule has 196 valence electrons. The van der Waals surface area contributed by atoms with Gasteiger partial charge in [-0.15, -0.1) is 0 Å². The molecule has 0 spiro atoms. The molecule has 0 saturated heterocycles. The van der Waals surface area contributed by atoms with Crippen molar-refractivity contribution < 1.29 is 20.0 Å². The standard InChI is InChI=1S/C31H48O4/c1-22(2)12-9-13-23(3)14-10-15-24(4)16-11-17-25(5)20-21-27-26(6)31(33,35-34)29-19-8-7-18-28(29)30(27)32/h7-8,18-20,22-24,33-34H,9-17,21H2,1-6H3/p-1/b25-20+. The molecule has 1 aliphatic carbocycles. The molecule has 0 amide bonds. The first-order chi connectivity index (χ1) is 16.6. The van der Waals surface area contributed by atoms with Gasteiger partial charge in [-0.25, -0.2) is 0 Å². The average molecular weight is 484 g/mol. The van der Waals surface area contributed by atoms with Gasteiger partial charge >= 0.3 is 0 Å². The van der Waals surface area contributed by atoms with E-state index < -0.39 is 5.79 Å². The lowest BCUT2D eigenvalue weighted by Gasteiger charge is -2.38.